The van der Waals surface area contributed by atoms with Crippen LogP contribution >= 0.6 is 15.9 Å². The molecule has 0 saturated heterocycles. The number of sulfonamides is 1. The number of anilines is 1. The molecule has 0 aliphatic rings. The van der Waals surface area contributed by atoms with Gasteiger partial charge in [0.1, 0.15) is 5.82 Å². The number of aliphatic hydroxyl groups excluding tert-OH is 1. The highest BCUT2D eigenvalue weighted by molar-refractivity contribution is 9.10. The molecule has 0 saturated carbocycles. The van der Waals surface area contributed by atoms with Crippen molar-refractivity contribution < 1.29 is 27.1 Å². The third-order valence-electron chi connectivity index (χ3n) is 3.56. The van der Waals surface area contributed by atoms with Gasteiger partial charge >= 0.3 is 5.76 Å². The lowest BCUT2D eigenvalue weighted by Crippen LogP contribution is -2.31. The van der Waals surface area contributed by atoms with Gasteiger partial charge in [0.15, 0.2) is 5.69 Å². The largest absolute Gasteiger partial charge is 0.446 e. The van der Waals surface area contributed by atoms with Gasteiger partial charge in [0.05, 0.1) is 22.5 Å². The van der Waals surface area contributed by atoms with Gasteiger partial charge in [0, 0.05) is 13.1 Å². The number of rotatable bonds is 9. The molecule has 3 N–H and O–H groups in total. The zero-order chi connectivity index (χ0) is 21.0. The molecule has 0 aliphatic heterocycles. The monoisotopic (exact) mass is 492 g/mol. The molecule has 0 unspecified atom stereocenters. The van der Waals surface area contributed by atoms with Crippen LogP contribution in [0.5, 0.6) is 0 Å². The quantitative estimate of drug-likeness (QED) is 0.372. The smallest absolute Gasteiger partial charge is 0.395 e. The Morgan fingerprint density at radius 3 is 2.76 bits per heavy atom. The van der Waals surface area contributed by atoms with Gasteiger partial charge in [-0.2, -0.15) is 0 Å². The number of halogens is 2. The number of nitrogens with zero attached hydrogens (tertiary/aromatic N) is 4. The zero-order valence-electron chi connectivity index (χ0n) is 14.5. The van der Waals surface area contributed by atoms with E-state index in [1.165, 1.54) is 12.1 Å². The second kappa shape index (κ2) is 8.81. The fourth-order valence-corrected chi connectivity index (χ4v) is 3.56. The topological polar surface area (TPSA) is 165 Å². The Kier molecular flexibility index (Phi) is 6.41. The number of aromatic nitrogens is 4. The van der Waals surface area contributed by atoms with E-state index in [4.69, 9.17) is 5.11 Å². The Bertz CT molecular complexity index is 1160. The minimum atomic E-state index is -3.61. The van der Waals surface area contributed by atoms with E-state index in [0.717, 1.165) is 10.6 Å². The summed E-state index contributed by atoms with van der Waals surface area (Å²) in [6, 6.07) is 3.83. The van der Waals surface area contributed by atoms with Crippen LogP contribution < -0.4 is 15.8 Å². The van der Waals surface area contributed by atoms with Gasteiger partial charge in [-0.05, 0) is 44.4 Å². The fourth-order valence-electron chi connectivity index (χ4n) is 2.28. The van der Waals surface area contributed by atoms with Crippen molar-refractivity contribution in [2.45, 2.75) is 0 Å². The molecule has 2 aromatic heterocycles. The highest BCUT2D eigenvalue weighted by Crippen LogP contribution is 2.26. The van der Waals surface area contributed by atoms with Crippen molar-refractivity contribution in [3.05, 3.63) is 39.0 Å². The van der Waals surface area contributed by atoms with E-state index in [2.05, 4.69) is 50.6 Å². The van der Waals surface area contributed by atoms with E-state index >= 15 is 0 Å². The normalized spacial score (nSPS) is 11.7. The van der Waals surface area contributed by atoms with Gasteiger partial charge in [0.2, 0.25) is 21.7 Å². The summed E-state index contributed by atoms with van der Waals surface area (Å²) in [7, 11) is -3.61. The lowest BCUT2D eigenvalue weighted by atomic mass is 10.3. The number of aliphatic hydroxyl groups is 1. The lowest BCUT2D eigenvalue weighted by Gasteiger charge is -2.07. The number of nitrogens with one attached hydrogen (secondary N) is 2. The molecule has 156 valence electrons. The van der Waals surface area contributed by atoms with Crippen LogP contribution in [0.1, 0.15) is 0 Å². The molecular weight excluding hydrogens is 479 g/mol. The van der Waals surface area contributed by atoms with E-state index in [1.807, 2.05) is 0 Å². The summed E-state index contributed by atoms with van der Waals surface area (Å²) in [5.74, 6) is -1.77. The Balaban J connectivity index is 1.84. The molecule has 0 spiro atoms. The Morgan fingerprint density at radius 1 is 1.24 bits per heavy atom. The van der Waals surface area contributed by atoms with Gasteiger partial charge < -0.3 is 10.4 Å². The summed E-state index contributed by atoms with van der Waals surface area (Å²) in [5, 5.41) is 22.4. The molecule has 1 aromatic carbocycles. The molecular formula is C14H14BrFN6O6S. The van der Waals surface area contributed by atoms with Crippen LogP contribution in [0.4, 0.5) is 10.2 Å². The summed E-state index contributed by atoms with van der Waals surface area (Å²) >= 11 is 3.04. The van der Waals surface area contributed by atoms with E-state index in [9.17, 15) is 17.6 Å². The van der Waals surface area contributed by atoms with Gasteiger partial charge in [0.25, 0.3) is 0 Å². The average molecular weight is 493 g/mol. The minimum Gasteiger partial charge on any atom is -0.395 e. The Morgan fingerprint density at radius 2 is 2.03 bits per heavy atom. The molecule has 12 nitrogen and oxygen atoms in total. The SMILES string of the molecule is O=c1onc(-c2nonc2NCCS(=O)(=O)NCCO)n1-c1ccc(F)c(Br)c1. The summed E-state index contributed by atoms with van der Waals surface area (Å²) in [6.07, 6.45) is 0. The van der Waals surface area contributed by atoms with Crippen LogP contribution in [-0.4, -0.2) is 59.0 Å². The third-order valence-corrected chi connectivity index (χ3v) is 5.56. The molecule has 15 heteroatoms. The highest BCUT2D eigenvalue weighted by atomic mass is 79.9. The first-order valence-electron chi connectivity index (χ1n) is 8.01. The summed E-state index contributed by atoms with van der Waals surface area (Å²) in [4.78, 5) is 12.1. The van der Waals surface area contributed by atoms with Crippen molar-refractivity contribution in [1.82, 2.24) is 24.8 Å². The van der Waals surface area contributed by atoms with Crippen molar-refractivity contribution in [2.75, 3.05) is 30.8 Å². The maximum absolute atomic E-state index is 13.5. The predicted octanol–water partition coefficient (Wildman–Crippen LogP) is 0.101. The lowest BCUT2D eigenvalue weighted by molar-refractivity contribution is 0.301. The maximum atomic E-state index is 13.5. The highest BCUT2D eigenvalue weighted by Gasteiger charge is 2.23. The first-order chi connectivity index (χ1) is 13.8. The van der Waals surface area contributed by atoms with Gasteiger partial charge in [-0.25, -0.2) is 31.5 Å². The molecule has 2 heterocycles. The molecule has 0 aliphatic carbocycles. The molecule has 29 heavy (non-hydrogen) atoms. The van der Waals surface area contributed by atoms with E-state index in [1.54, 1.807) is 0 Å². The first-order valence-corrected chi connectivity index (χ1v) is 10.5. The maximum Gasteiger partial charge on any atom is 0.446 e. The van der Waals surface area contributed by atoms with Crippen LogP contribution in [0.15, 0.2) is 36.6 Å². The van der Waals surface area contributed by atoms with Gasteiger partial charge in [-0.3, -0.25) is 4.52 Å². The number of hydrogen-bond acceptors (Lipinski definition) is 10. The molecule has 0 fully saturated rings. The van der Waals surface area contributed by atoms with Crippen LogP contribution in [0.2, 0.25) is 0 Å². The molecule has 0 bridgehead atoms. The van der Waals surface area contributed by atoms with Crippen molar-refractivity contribution in [3.8, 4) is 17.2 Å². The second-order valence-electron chi connectivity index (χ2n) is 5.53. The predicted molar refractivity (Wildman–Crippen MR) is 100 cm³/mol. The number of benzene rings is 1. The summed E-state index contributed by atoms with van der Waals surface area (Å²) < 4.78 is 49.7. The Labute approximate surface area is 170 Å². The zero-order valence-corrected chi connectivity index (χ0v) is 16.9. The van der Waals surface area contributed by atoms with Crippen molar-refractivity contribution in [1.29, 1.82) is 0 Å². The number of hydrogen-bond donors (Lipinski definition) is 3. The fraction of sp³-hybridized carbons (Fsp3) is 0.286. The van der Waals surface area contributed by atoms with Crippen LogP contribution in [-0.2, 0) is 10.0 Å². The first kappa shape index (κ1) is 21.1. The molecule has 0 radical (unpaired) electrons. The molecule has 0 atom stereocenters. The molecule has 3 aromatic rings. The van der Waals surface area contributed by atoms with E-state index < -0.39 is 21.6 Å². The average Bonchev–Trinajstić information content (AvgIpc) is 3.28. The van der Waals surface area contributed by atoms with Crippen LogP contribution in [0, 0.1) is 5.82 Å². The van der Waals surface area contributed by atoms with Crippen molar-refractivity contribution >= 4 is 31.8 Å². The van der Waals surface area contributed by atoms with Gasteiger partial charge in [-0.15, -0.1) is 0 Å². The van der Waals surface area contributed by atoms with E-state index in [0.29, 0.717) is 0 Å². The van der Waals surface area contributed by atoms with Crippen molar-refractivity contribution in [3.63, 3.8) is 0 Å². The van der Waals surface area contributed by atoms with Crippen molar-refractivity contribution in [2.24, 2.45) is 0 Å². The van der Waals surface area contributed by atoms with Gasteiger partial charge in [-0.1, -0.05) is 5.16 Å². The second-order valence-corrected chi connectivity index (χ2v) is 8.31. The summed E-state index contributed by atoms with van der Waals surface area (Å²) in [6.45, 7) is -0.503. The summed E-state index contributed by atoms with van der Waals surface area (Å²) in [5.41, 5.74) is 0.223. The van der Waals surface area contributed by atoms with E-state index in [-0.39, 0.29) is 52.9 Å². The molecule has 3 rings (SSSR count). The standard InChI is InChI=1S/C14H14BrFN6O6S/c15-9-7-8(1-2-10(9)16)22-13(21-27-14(22)24)11-12(20-28-19-11)17-4-6-29(25,26)18-3-5-23/h1-2,7,18,23H,3-6H2,(H,17,20). The minimum absolute atomic E-state index is 0.0167. The van der Waals surface area contributed by atoms with Crippen LogP contribution in [0.25, 0.3) is 17.2 Å². The third kappa shape index (κ3) is 4.87. The molecule has 0 amide bonds. The Hall–Kier alpha value is -2.62. The van der Waals surface area contributed by atoms with Crippen LogP contribution in [0.3, 0.4) is 0 Å².